The summed E-state index contributed by atoms with van der Waals surface area (Å²) < 4.78 is 1.70. The van der Waals surface area contributed by atoms with Crippen LogP contribution in [0.25, 0.3) is 0 Å². The van der Waals surface area contributed by atoms with Crippen molar-refractivity contribution in [3.8, 4) is 0 Å². The number of nitrogens with zero attached hydrogens (tertiary/aromatic N) is 2. The number of hydrogen-bond donors (Lipinski definition) is 3. The second kappa shape index (κ2) is 5.21. The number of hydrogen-bond acceptors (Lipinski definition) is 3. The van der Waals surface area contributed by atoms with Gasteiger partial charge in [-0.15, -0.1) is 0 Å². The highest BCUT2D eigenvalue weighted by atomic mass is 16.3. The minimum absolute atomic E-state index is 0.0354. The van der Waals surface area contributed by atoms with Crippen LogP contribution in [-0.4, -0.2) is 33.1 Å². The van der Waals surface area contributed by atoms with E-state index in [1.807, 2.05) is 27.1 Å². The summed E-state index contributed by atoms with van der Waals surface area (Å²) in [6.07, 6.45) is 5.74. The third kappa shape index (κ3) is 3.26. The summed E-state index contributed by atoms with van der Waals surface area (Å²) in [5.74, 6) is 0.386. The van der Waals surface area contributed by atoms with Crippen molar-refractivity contribution in [3.63, 3.8) is 0 Å². The fourth-order valence-electron chi connectivity index (χ4n) is 2.23. The molecule has 2 amide bonds. The summed E-state index contributed by atoms with van der Waals surface area (Å²) >= 11 is 0. The van der Waals surface area contributed by atoms with E-state index in [0.717, 1.165) is 18.4 Å². The maximum absolute atomic E-state index is 12.0. The quantitative estimate of drug-likeness (QED) is 0.742. The van der Waals surface area contributed by atoms with Crippen LogP contribution in [0.4, 0.5) is 4.79 Å². The first-order valence-corrected chi connectivity index (χ1v) is 6.62. The zero-order valence-electron chi connectivity index (χ0n) is 11.7. The monoisotopic (exact) mass is 266 g/mol. The first-order valence-electron chi connectivity index (χ1n) is 6.62. The van der Waals surface area contributed by atoms with E-state index in [4.69, 9.17) is 0 Å². The lowest BCUT2D eigenvalue weighted by Crippen LogP contribution is -2.54. The highest BCUT2D eigenvalue weighted by Crippen LogP contribution is 2.39. The smallest absolute Gasteiger partial charge is 0.315 e. The first-order chi connectivity index (χ1) is 8.94. The van der Waals surface area contributed by atoms with E-state index in [9.17, 15) is 9.90 Å². The molecular weight excluding hydrogens is 244 g/mol. The minimum Gasteiger partial charge on any atom is -0.394 e. The Bertz CT molecular complexity index is 455. The van der Waals surface area contributed by atoms with Gasteiger partial charge in [-0.2, -0.15) is 5.10 Å². The number of carbonyl (C=O) groups is 1. The largest absolute Gasteiger partial charge is 0.394 e. The van der Waals surface area contributed by atoms with E-state index < -0.39 is 5.54 Å². The highest BCUT2D eigenvalue weighted by Gasteiger charge is 2.42. The molecule has 1 aliphatic rings. The van der Waals surface area contributed by atoms with Gasteiger partial charge >= 0.3 is 6.03 Å². The molecule has 106 valence electrons. The van der Waals surface area contributed by atoms with Crippen molar-refractivity contribution in [3.05, 3.63) is 18.0 Å². The average molecular weight is 266 g/mol. The lowest BCUT2D eigenvalue weighted by atomic mass is 9.97. The molecule has 6 heteroatoms. The van der Waals surface area contributed by atoms with Crippen LogP contribution >= 0.6 is 0 Å². The van der Waals surface area contributed by atoms with Gasteiger partial charge in [0.2, 0.25) is 0 Å². The van der Waals surface area contributed by atoms with E-state index in [1.54, 1.807) is 10.9 Å². The van der Waals surface area contributed by atoms with Gasteiger partial charge < -0.3 is 15.7 Å². The Labute approximate surface area is 113 Å². The number of amides is 2. The second-order valence-corrected chi connectivity index (χ2v) is 5.62. The van der Waals surface area contributed by atoms with Crippen molar-refractivity contribution in [2.24, 2.45) is 13.0 Å². The van der Waals surface area contributed by atoms with Crippen LogP contribution in [0.3, 0.4) is 0 Å². The van der Waals surface area contributed by atoms with Gasteiger partial charge in [-0.05, 0) is 32.6 Å². The SMILES string of the molecule is CC(NC(=O)NC(C)(CO)C1CC1)c1cnn(C)c1. The Morgan fingerprint density at radius 2 is 2.37 bits per heavy atom. The number of aryl methyl sites for hydroxylation is 1. The minimum atomic E-state index is -0.515. The maximum Gasteiger partial charge on any atom is 0.315 e. The predicted octanol–water partition coefficient (Wildman–Crippen LogP) is 0.941. The molecule has 1 aliphatic carbocycles. The van der Waals surface area contributed by atoms with E-state index in [0.29, 0.717) is 5.92 Å². The molecule has 0 aliphatic heterocycles. The molecule has 0 bridgehead atoms. The molecule has 0 aromatic carbocycles. The standard InChI is InChI=1S/C13H22N4O2/c1-9(10-6-14-17(3)7-10)15-12(19)16-13(2,8-18)11-4-5-11/h6-7,9,11,18H,4-5,8H2,1-3H3,(H2,15,16,19). The number of carbonyl (C=O) groups excluding carboxylic acids is 1. The zero-order chi connectivity index (χ0) is 14.0. The van der Waals surface area contributed by atoms with Crippen molar-refractivity contribution < 1.29 is 9.90 Å². The van der Waals surface area contributed by atoms with Crippen LogP contribution in [0.2, 0.25) is 0 Å². The Morgan fingerprint density at radius 1 is 1.68 bits per heavy atom. The molecule has 0 spiro atoms. The van der Waals surface area contributed by atoms with E-state index in [-0.39, 0.29) is 18.7 Å². The van der Waals surface area contributed by atoms with Gasteiger partial charge in [0.05, 0.1) is 24.4 Å². The molecule has 1 aromatic heterocycles. The molecule has 0 saturated heterocycles. The zero-order valence-corrected chi connectivity index (χ0v) is 11.7. The molecule has 19 heavy (non-hydrogen) atoms. The Balaban J connectivity index is 1.90. The fourth-order valence-corrected chi connectivity index (χ4v) is 2.23. The van der Waals surface area contributed by atoms with Gasteiger partial charge in [-0.25, -0.2) is 4.79 Å². The lowest BCUT2D eigenvalue weighted by Gasteiger charge is -2.29. The van der Waals surface area contributed by atoms with Crippen LogP contribution in [0.15, 0.2) is 12.4 Å². The van der Waals surface area contributed by atoms with Crippen LogP contribution in [0.1, 0.15) is 38.3 Å². The van der Waals surface area contributed by atoms with Crippen LogP contribution in [0.5, 0.6) is 0 Å². The Hall–Kier alpha value is -1.56. The fraction of sp³-hybridized carbons (Fsp3) is 0.692. The third-order valence-corrected chi connectivity index (χ3v) is 3.78. The van der Waals surface area contributed by atoms with Gasteiger partial charge in [0.1, 0.15) is 0 Å². The number of nitrogens with one attached hydrogen (secondary N) is 2. The van der Waals surface area contributed by atoms with Gasteiger partial charge in [-0.1, -0.05) is 0 Å². The molecule has 1 fully saturated rings. The summed E-state index contributed by atoms with van der Waals surface area (Å²) in [6, 6.07) is -0.365. The first kappa shape index (κ1) is 13.9. The third-order valence-electron chi connectivity index (χ3n) is 3.78. The number of rotatable bonds is 5. The molecule has 1 saturated carbocycles. The van der Waals surface area contributed by atoms with Gasteiger partial charge in [0.15, 0.2) is 0 Å². The number of aromatic nitrogens is 2. The van der Waals surface area contributed by atoms with Crippen molar-refractivity contribution in [1.82, 2.24) is 20.4 Å². The van der Waals surface area contributed by atoms with Crippen LogP contribution in [-0.2, 0) is 7.05 Å². The van der Waals surface area contributed by atoms with Crippen molar-refractivity contribution in [2.45, 2.75) is 38.3 Å². The number of urea groups is 1. The van der Waals surface area contributed by atoms with Crippen LogP contribution < -0.4 is 10.6 Å². The summed E-state index contributed by atoms with van der Waals surface area (Å²) in [7, 11) is 1.84. The number of aliphatic hydroxyl groups is 1. The second-order valence-electron chi connectivity index (χ2n) is 5.62. The molecule has 2 atom stereocenters. The van der Waals surface area contributed by atoms with E-state index >= 15 is 0 Å². The van der Waals surface area contributed by atoms with Crippen molar-refractivity contribution in [1.29, 1.82) is 0 Å². The summed E-state index contributed by atoms with van der Waals surface area (Å²) in [6.45, 7) is 3.76. The van der Waals surface area contributed by atoms with Crippen LogP contribution in [0, 0.1) is 5.92 Å². The van der Waals surface area contributed by atoms with Gasteiger partial charge in [-0.3, -0.25) is 4.68 Å². The van der Waals surface area contributed by atoms with Crippen molar-refractivity contribution >= 4 is 6.03 Å². The number of aliphatic hydroxyl groups excluding tert-OH is 1. The molecular formula is C13H22N4O2. The Kier molecular flexibility index (Phi) is 3.80. The Morgan fingerprint density at radius 3 is 2.84 bits per heavy atom. The van der Waals surface area contributed by atoms with Gasteiger partial charge in [0.25, 0.3) is 0 Å². The predicted molar refractivity (Wildman–Crippen MR) is 71.5 cm³/mol. The summed E-state index contributed by atoms with van der Waals surface area (Å²) in [5.41, 5.74) is 0.438. The topological polar surface area (TPSA) is 79.2 Å². The van der Waals surface area contributed by atoms with E-state index in [2.05, 4.69) is 15.7 Å². The van der Waals surface area contributed by atoms with Gasteiger partial charge in [0, 0.05) is 18.8 Å². The lowest BCUT2D eigenvalue weighted by molar-refractivity contribution is 0.154. The molecule has 6 nitrogen and oxygen atoms in total. The summed E-state index contributed by atoms with van der Waals surface area (Å²) in [5, 5.41) is 19.3. The normalized spacial score (nSPS) is 19.6. The molecule has 1 aromatic rings. The van der Waals surface area contributed by atoms with E-state index in [1.165, 1.54) is 0 Å². The molecule has 2 rings (SSSR count). The highest BCUT2D eigenvalue weighted by molar-refractivity contribution is 5.75. The molecule has 0 radical (unpaired) electrons. The molecule has 1 heterocycles. The summed E-state index contributed by atoms with van der Waals surface area (Å²) in [4.78, 5) is 12.0. The molecule has 3 N–H and O–H groups in total. The molecule has 2 unspecified atom stereocenters. The van der Waals surface area contributed by atoms with Crippen molar-refractivity contribution in [2.75, 3.05) is 6.61 Å². The maximum atomic E-state index is 12.0. The average Bonchev–Trinajstić information content (AvgIpc) is 3.12.